The summed E-state index contributed by atoms with van der Waals surface area (Å²) in [5.41, 5.74) is 1.82. The van der Waals surface area contributed by atoms with Gasteiger partial charge in [-0.3, -0.25) is 4.79 Å². The van der Waals surface area contributed by atoms with Crippen LogP contribution in [0.2, 0.25) is 0 Å². The molecule has 0 heterocycles. The highest BCUT2D eigenvalue weighted by Crippen LogP contribution is 2.37. The van der Waals surface area contributed by atoms with Gasteiger partial charge in [-0.25, -0.2) is 4.79 Å². The summed E-state index contributed by atoms with van der Waals surface area (Å²) in [5.74, 6) is -0.905. The number of carbonyl (C=O) groups excluding carboxylic acids is 2. The van der Waals surface area contributed by atoms with Gasteiger partial charge in [0.25, 0.3) is 0 Å². The Bertz CT molecular complexity index is 493. The lowest BCUT2D eigenvalue weighted by Crippen LogP contribution is -2.16. The smallest absolute Gasteiger partial charge is 0.374 e. The van der Waals surface area contributed by atoms with Crippen LogP contribution in [0.4, 0.5) is 0 Å². The molecule has 1 aliphatic carbocycles. The zero-order valence-electron chi connectivity index (χ0n) is 17.9. The van der Waals surface area contributed by atoms with E-state index in [2.05, 4.69) is 31.6 Å². The molecule has 27 heavy (non-hydrogen) atoms. The number of aliphatic hydroxyl groups excluding tert-OH is 1. The number of ether oxygens (including phenoxy) is 1. The van der Waals surface area contributed by atoms with Gasteiger partial charge in [0.1, 0.15) is 0 Å². The standard InChI is InChI=1S/C23H40O4/c1-5-6-16-23(2,3)17-10-11-18-14-15-20(24)19(18)12-8-7-9-13-21(25)22(26)27-4/h11,19-20,24H,5-10,12-17H2,1-4H3/t19-,20-/m1/s1. The molecule has 0 spiro atoms. The zero-order chi connectivity index (χ0) is 20.3. The minimum absolute atomic E-state index is 0.221. The lowest BCUT2D eigenvalue weighted by Gasteiger charge is -2.24. The average Bonchev–Trinajstić information content (AvgIpc) is 2.98. The van der Waals surface area contributed by atoms with E-state index in [9.17, 15) is 14.7 Å². The molecule has 1 aliphatic rings. The maximum Gasteiger partial charge on any atom is 0.374 e. The molecule has 0 radical (unpaired) electrons. The van der Waals surface area contributed by atoms with Gasteiger partial charge in [0.2, 0.25) is 5.78 Å². The Labute approximate surface area is 165 Å². The molecular formula is C23H40O4. The third-order valence-electron chi connectivity index (χ3n) is 5.94. The predicted octanol–water partition coefficient (Wildman–Crippen LogP) is 5.37. The lowest BCUT2D eigenvalue weighted by atomic mass is 9.82. The topological polar surface area (TPSA) is 63.6 Å². The summed E-state index contributed by atoms with van der Waals surface area (Å²) in [6.07, 6.45) is 14.0. The molecule has 0 aliphatic heterocycles. The molecule has 0 aromatic heterocycles. The Morgan fingerprint density at radius 2 is 1.93 bits per heavy atom. The average molecular weight is 381 g/mol. The van der Waals surface area contributed by atoms with E-state index in [1.54, 1.807) is 0 Å². The largest absolute Gasteiger partial charge is 0.463 e. The Morgan fingerprint density at radius 1 is 1.19 bits per heavy atom. The van der Waals surface area contributed by atoms with Crippen molar-refractivity contribution in [3.05, 3.63) is 11.6 Å². The van der Waals surface area contributed by atoms with E-state index in [0.29, 0.717) is 11.8 Å². The van der Waals surface area contributed by atoms with Gasteiger partial charge in [-0.1, -0.05) is 58.1 Å². The maximum absolute atomic E-state index is 11.4. The summed E-state index contributed by atoms with van der Waals surface area (Å²) < 4.78 is 4.43. The third kappa shape index (κ3) is 9.05. The Hall–Kier alpha value is -1.16. The van der Waals surface area contributed by atoms with Crippen LogP contribution < -0.4 is 0 Å². The number of allylic oxidation sites excluding steroid dienone is 1. The number of aliphatic hydroxyl groups is 1. The quantitative estimate of drug-likeness (QED) is 0.202. The third-order valence-corrected chi connectivity index (χ3v) is 5.94. The van der Waals surface area contributed by atoms with Gasteiger partial charge in [-0.15, -0.1) is 0 Å². The molecular weight excluding hydrogens is 340 g/mol. The number of esters is 1. The van der Waals surface area contributed by atoms with Crippen LogP contribution in [0.15, 0.2) is 11.6 Å². The van der Waals surface area contributed by atoms with E-state index in [-0.39, 0.29) is 18.4 Å². The zero-order valence-corrected chi connectivity index (χ0v) is 17.9. The van der Waals surface area contributed by atoms with Crippen LogP contribution in [0.3, 0.4) is 0 Å². The number of hydrogen-bond acceptors (Lipinski definition) is 4. The molecule has 2 atom stereocenters. The molecule has 1 N–H and O–H groups in total. The van der Waals surface area contributed by atoms with Gasteiger partial charge in [-0.05, 0) is 50.4 Å². The molecule has 1 saturated carbocycles. The van der Waals surface area contributed by atoms with E-state index in [4.69, 9.17) is 0 Å². The molecule has 0 unspecified atom stereocenters. The molecule has 0 aromatic rings. The molecule has 0 saturated heterocycles. The highest BCUT2D eigenvalue weighted by Gasteiger charge is 2.29. The second kappa shape index (κ2) is 12.3. The Kier molecular flexibility index (Phi) is 10.9. The molecule has 0 amide bonds. The fourth-order valence-electron chi connectivity index (χ4n) is 4.05. The van der Waals surface area contributed by atoms with Crippen LogP contribution >= 0.6 is 0 Å². The number of Topliss-reactive ketones (excluding diaryl/α,β-unsaturated/α-hetero) is 1. The minimum Gasteiger partial charge on any atom is -0.463 e. The number of unbranched alkanes of at least 4 members (excludes halogenated alkanes) is 3. The number of ketones is 1. The maximum atomic E-state index is 11.4. The van der Waals surface area contributed by atoms with Gasteiger partial charge in [0.05, 0.1) is 13.2 Å². The minimum atomic E-state index is -0.742. The molecule has 4 nitrogen and oxygen atoms in total. The van der Waals surface area contributed by atoms with E-state index in [1.807, 2.05) is 0 Å². The SMILES string of the molecule is CCCCC(C)(C)CCC=C1CC[C@@H](O)[C@@H]1CCCCCC(=O)C(=O)OC. The summed E-state index contributed by atoms with van der Waals surface area (Å²) in [5, 5.41) is 10.3. The van der Waals surface area contributed by atoms with Gasteiger partial charge in [0.15, 0.2) is 0 Å². The van der Waals surface area contributed by atoms with E-state index >= 15 is 0 Å². The van der Waals surface area contributed by atoms with Crippen LogP contribution in [0.25, 0.3) is 0 Å². The van der Waals surface area contributed by atoms with Crippen molar-refractivity contribution in [1.82, 2.24) is 0 Å². The Balaban J connectivity index is 2.35. The second-order valence-corrected chi connectivity index (χ2v) is 8.81. The second-order valence-electron chi connectivity index (χ2n) is 8.81. The first-order chi connectivity index (χ1) is 12.8. The van der Waals surface area contributed by atoms with Gasteiger partial charge >= 0.3 is 5.97 Å². The van der Waals surface area contributed by atoms with Crippen molar-refractivity contribution in [2.45, 2.75) is 104 Å². The van der Waals surface area contributed by atoms with Crippen molar-refractivity contribution in [3.8, 4) is 0 Å². The van der Waals surface area contributed by atoms with Crippen molar-refractivity contribution in [2.75, 3.05) is 7.11 Å². The normalized spacial score (nSPS) is 21.6. The van der Waals surface area contributed by atoms with Crippen molar-refractivity contribution >= 4 is 11.8 Å². The van der Waals surface area contributed by atoms with Crippen molar-refractivity contribution in [3.63, 3.8) is 0 Å². The summed E-state index contributed by atoms with van der Waals surface area (Å²) in [7, 11) is 1.24. The summed E-state index contributed by atoms with van der Waals surface area (Å²) in [4.78, 5) is 22.5. The fourth-order valence-corrected chi connectivity index (χ4v) is 4.05. The fraction of sp³-hybridized carbons (Fsp3) is 0.826. The molecule has 1 fully saturated rings. The first-order valence-corrected chi connectivity index (χ1v) is 10.8. The van der Waals surface area contributed by atoms with Crippen molar-refractivity contribution in [1.29, 1.82) is 0 Å². The van der Waals surface area contributed by atoms with Crippen molar-refractivity contribution in [2.24, 2.45) is 11.3 Å². The first kappa shape index (κ1) is 23.9. The Morgan fingerprint density at radius 3 is 2.59 bits per heavy atom. The van der Waals surface area contributed by atoms with E-state index in [0.717, 1.165) is 38.5 Å². The van der Waals surface area contributed by atoms with Gasteiger partial charge in [-0.2, -0.15) is 0 Å². The monoisotopic (exact) mass is 380 g/mol. The van der Waals surface area contributed by atoms with Crippen LogP contribution in [-0.4, -0.2) is 30.1 Å². The first-order valence-electron chi connectivity index (χ1n) is 10.8. The number of methoxy groups -OCH3 is 1. The lowest BCUT2D eigenvalue weighted by molar-refractivity contribution is -0.151. The van der Waals surface area contributed by atoms with E-state index in [1.165, 1.54) is 38.4 Å². The number of carbonyl (C=O) groups is 2. The van der Waals surface area contributed by atoms with Crippen molar-refractivity contribution < 1.29 is 19.4 Å². The summed E-state index contributed by atoms with van der Waals surface area (Å²) in [6, 6.07) is 0. The predicted molar refractivity (Wildman–Crippen MR) is 109 cm³/mol. The van der Waals surface area contributed by atoms with Gasteiger partial charge < -0.3 is 9.84 Å². The summed E-state index contributed by atoms with van der Waals surface area (Å²) >= 11 is 0. The van der Waals surface area contributed by atoms with Crippen LogP contribution in [0, 0.1) is 11.3 Å². The van der Waals surface area contributed by atoms with Gasteiger partial charge in [0, 0.05) is 12.3 Å². The molecule has 0 bridgehead atoms. The van der Waals surface area contributed by atoms with Crippen LogP contribution in [0.5, 0.6) is 0 Å². The van der Waals surface area contributed by atoms with Crippen LogP contribution in [-0.2, 0) is 14.3 Å². The van der Waals surface area contributed by atoms with E-state index < -0.39 is 11.8 Å². The number of rotatable bonds is 13. The molecule has 0 aromatic carbocycles. The molecule has 156 valence electrons. The highest BCUT2D eigenvalue weighted by molar-refractivity contribution is 6.33. The molecule has 1 rings (SSSR count). The molecule has 4 heteroatoms. The highest BCUT2D eigenvalue weighted by atomic mass is 16.5. The number of hydrogen-bond donors (Lipinski definition) is 1. The van der Waals surface area contributed by atoms with Crippen LogP contribution in [0.1, 0.15) is 97.8 Å². The summed E-state index contributed by atoms with van der Waals surface area (Å²) in [6.45, 7) is 6.96.